The summed E-state index contributed by atoms with van der Waals surface area (Å²) in [6.07, 6.45) is 4.56. The van der Waals surface area contributed by atoms with Gasteiger partial charge in [0.05, 0.1) is 11.8 Å². The predicted octanol–water partition coefficient (Wildman–Crippen LogP) is 2.77. The number of aliphatic carboxylic acids is 1. The Labute approximate surface area is 121 Å². The van der Waals surface area contributed by atoms with Crippen molar-refractivity contribution in [2.75, 3.05) is 6.54 Å². The van der Waals surface area contributed by atoms with E-state index >= 15 is 0 Å². The first kappa shape index (κ1) is 15.3. The van der Waals surface area contributed by atoms with Gasteiger partial charge in [-0.25, -0.2) is 0 Å². The van der Waals surface area contributed by atoms with E-state index in [9.17, 15) is 14.7 Å². The van der Waals surface area contributed by atoms with Gasteiger partial charge in [-0.05, 0) is 43.9 Å². The van der Waals surface area contributed by atoms with E-state index in [4.69, 9.17) is 0 Å². The smallest absolute Gasteiger partial charge is 0.307 e. The van der Waals surface area contributed by atoms with E-state index in [1.54, 1.807) is 0 Å². The highest BCUT2D eigenvalue weighted by Gasteiger charge is 2.45. The molecule has 0 spiro atoms. The van der Waals surface area contributed by atoms with Crippen molar-refractivity contribution in [3.8, 4) is 0 Å². The molecule has 2 aliphatic carbocycles. The fourth-order valence-electron chi connectivity index (χ4n) is 3.31. The number of carboxylic acids is 1. The lowest BCUT2D eigenvalue weighted by atomic mass is 9.94. The molecule has 2 fully saturated rings. The van der Waals surface area contributed by atoms with Gasteiger partial charge in [0.1, 0.15) is 0 Å². The fraction of sp³-hybridized carbons (Fsp3) is 0.875. The lowest BCUT2D eigenvalue weighted by molar-refractivity contribution is -0.149. The zero-order valence-electron chi connectivity index (χ0n) is 12.8. The topological polar surface area (TPSA) is 57.6 Å². The SMILES string of the molecule is CC(C)CCN(C(=O)C1CC(C)CC1C(=O)O)C1CC1. The van der Waals surface area contributed by atoms with E-state index in [2.05, 4.69) is 20.8 Å². The summed E-state index contributed by atoms with van der Waals surface area (Å²) < 4.78 is 0. The number of carboxylic acid groups (broad SMARTS) is 1. The Morgan fingerprint density at radius 1 is 1.20 bits per heavy atom. The van der Waals surface area contributed by atoms with Crippen molar-refractivity contribution < 1.29 is 14.7 Å². The van der Waals surface area contributed by atoms with Crippen molar-refractivity contribution in [1.29, 1.82) is 0 Å². The summed E-state index contributed by atoms with van der Waals surface area (Å²) in [5.74, 6) is -0.553. The molecule has 0 saturated heterocycles. The van der Waals surface area contributed by atoms with Crippen LogP contribution in [0.2, 0.25) is 0 Å². The molecule has 20 heavy (non-hydrogen) atoms. The lowest BCUT2D eigenvalue weighted by Crippen LogP contribution is -2.41. The maximum Gasteiger partial charge on any atom is 0.307 e. The molecule has 0 aromatic heterocycles. The van der Waals surface area contributed by atoms with Crippen LogP contribution in [-0.4, -0.2) is 34.5 Å². The number of carbonyl (C=O) groups excluding carboxylic acids is 1. The van der Waals surface area contributed by atoms with Gasteiger partial charge in [0.15, 0.2) is 0 Å². The Hall–Kier alpha value is -1.06. The lowest BCUT2D eigenvalue weighted by Gasteiger charge is -2.28. The van der Waals surface area contributed by atoms with Crippen molar-refractivity contribution in [2.24, 2.45) is 23.7 Å². The van der Waals surface area contributed by atoms with E-state index in [-0.39, 0.29) is 11.8 Å². The minimum Gasteiger partial charge on any atom is -0.481 e. The van der Waals surface area contributed by atoms with Crippen LogP contribution in [0.5, 0.6) is 0 Å². The van der Waals surface area contributed by atoms with Crippen molar-refractivity contribution in [1.82, 2.24) is 4.90 Å². The highest BCUT2D eigenvalue weighted by Crippen LogP contribution is 2.39. The Morgan fingerprint density at radius 2 is 1.80 bits per heavy atom. The van der Waals surface area contributed by atoms with E-state index in [1.807, 2.05) is 4.90 Å². The van der Waals surface area contributed by atoms with Crippen LogP contribution in [-0.2, 0) is 9.59 Å². The Balaban J connectivity index is 2.04. The molecule has 1 N–H and O–H groups in total. The summed E-state index contributed by atoms with van der Waals surface area (Å²) in [5.41, 5.74) is 0. The van der Waals surface area contributed by atoms with Crippen LogP contribution < -0.4 is 0 Å². The first-order chi connectivity index (χ1) is 9.40. The maximum absolute atomic E-state index is 12.8. The van der Waals surface area contributed by atoms with Crippen LogP contribution in [0, 0.1) is 23.7 Å². The number of nitrogens with zero attached hydrogens (tertiary/aromatic N) is 1. The third-order valence-electron chi connectivity index (χ3n) is 4.65. The van der Waals surface area contributed by atoms with Crippen LogP contribution in [0.4, 0.5) is 0 Å². The van der Waals surface area contributed by atoms with Crippen LogP contribution in [0.25, 0.3) is 0 Å². The van der Waals surface area contributed by atoms with Gasteiger partial charge in [-0.2, -0.15) is 0 Å². The Bertz CT molecular complexity index is 376. The molecular weight excluding hydrogens is 254 g/mol. The van der Waals surface area contributed by atoms with Gasteiger partial charge in [0, 0.05) is 12.6 Å². The molecule has 3 atom stereocenters. The molecular formula is C16H27NO3. The van der Waals surface area contributed by atoms with Crippen molar-refractivity contribution in [3.05, 3.63) is 0 Å². The van der Waals surface area contributed by atoms with E-state index in [0.29, 0.717) is 24.3 Å². The van der Waals surface area contributed by atoms with Gasteiger partial charge in [0.2, 0.25) is 5.91 Å². The van der Waals surface area contributed by atoms with Crippen molar-refractivity contribution >= 4 is 11.9 Å². The molecule has 2 saturated carbocycles. The first-order valence-electron chi connectivity index (χ1n) is 7.93. The number of carbonyl (C=O) groups is 2. The fourth-order valence-corrected chi connectivity index (χ4v) is 3.31. The summed E-state index contributed by atoms with van der Waals surface area (Å²) >= 11 is 0. The minimum absolute atomic E-state index is 0.102. The summed E-state index contributed by atoms with van der Waals surface area (Å²) in [4.78, 5) is 26.1. The molecule has 4 heteroatoms. The second-order valence-electron chi connectivity index (χ2n) is 7.07. The third kappa shape index (κ3) is 3.53. The number of hydrogen-bond acceptors (Lipinski definition) is 2. The number of hydrogen-bond donors (Lipinski definition) is 1. The molecule has 0 bridgehead atoms. The maximum atomic E-state index is 12.8. The predicted molar refractivity (Wildman–Crippen MR) is 77.2 cm³/mol. The van der Waals surface area contributed by atoms with Crippen LogP contribution in [0.3, 0.4) is 0 Å². The second-order valence-corrected chi connectivity index (χ2v) is 7.07. The second kappa shape index (κ2) is 6.15. The third-order valence-corrected chi connectivity index (χ3v) is 4.65. The van der Waals surface area contributed by atoms with Crippen LogP contribution in [0.15, 0.2) is 0 Å². The minimum atomic E-state index is -0.799. The van der Waals surface area contributed by atoms with Crippen molar-refractivity contribution in [3.63, 3.8) is 0 Å². The Morgan fingerprint density at radius 3 is 2.30 bits per heavy atom. The van der Waals surface area contributed by atoms with Gasteiger partial charge in [-0.1, -0.05) is 20.8 Å². The molecule has 0 heterocycles. The average Bonchev–Trinajstić information content (AvgIpc) is 3.10. The molecule has 2 aliphatic rings. The zero-order chi connectivity index (χ0) is 14.9. The average molecular weight is 281 g/mol. The van der Waals surface area contributed by atoms with E-state index < -0.39 is 11.9 Å². The molecule has 0 radical (unpaired) electrons. The summed E-state index contributed by atoms with van der Waals surface area (Å²) in [6, 6.07) is 0.381. The monoisotopic (exact) mass is 281 g/mol. The summed E-state index contributed by atoms with van der Waals surface area (Å²) in [7, 11) is 0. The molecule has 0 aliphatic heterocycles. The molecule has 114 valence electrons. The zero-order valence-corrected chi connectivity index (χ0v) is 12.8. The van der Waals surface area contributed by atoms with E-state index in [1.165, 1.54) is 0 Å². The highest BCUT2D eigenvalue weighted by atomic mass is 16.4. The number of rotatable bonds is 6. The highest BCUT2D eigenvalue weighted by molar-refractivity contribution is 5.85. The van der Waals surface area contributed by atoms with Gasteiger partial charge < -0.3 is 10.0 Å². The van der Waals surface area contributed by atoms with Gasteiger partial charge in [-0.3, -0.25) is 9.59 Å². The summed E-state index contributed by atoms with van der Waals surface area (Å²) in [6.45, 7) is 7.16. The first-order valence-corrected chi connectivity index (χ1v) is 7.93. The van der Waals surface area contributed by atoms with Gasteiger partial charge in [0.25, 0.3) is 0 Å². The molecule has 4 nitrogen and oxygen atoms in total. The molecule has 2 rings (SSSR count). The van der Waals surface area contributed by atoms with Gasteiger partial charge in [-0.15, -0.1) is 0 Å². The molecule has 0 aromatic rings. The largest absolute Gasteiger partial charge is 0.481 e. The standard InChI is InChI=1S/C16H27NO3/c1-10(2)6-7-17(12-4-5-12)15(18)13-8-11(3)9-14(13)16(19)20/h10-14H,4-9H2,1-3H3,(H,19,20). The molecule has 0 aromatic carbocycles. The van der Waals surface area contributed by atoms with Crippen molar-refractivity contribution in [2.45, 2.75) is 58.9 Å². The number of amides is 1. The van der Waals surface area contributed by atoms with Crippen LogP contribution in [0.1, 0.15) is 52.9 Å². The quantitative estimate of drug-likeness (QED) is 0.814. The van der Waals surface area contributed by atoms with Crippen LogP contribution >= 0.6 is 0 Å². The molecule has 3 unspecified atom stereocenters. The van der Waals surface area contributed by atoms with E-state index in [0.717, 1.165) is 32.2 Å². The Kier molecular flexibility index (Phi) is 4.71. The molecule has 1 amide bonds. The summed E-state index contributed by atoms with van der Waals surface area (Å²) in [5, 5.41) is 9.33. The van der Waals surface area contributed by atoms with Gasteiger partial charge >= 0.3 is 5.97 Å². The normalized spacial score (nSPS) is 29.7.